The smallest absolute Gasteiger partial charge is 0.139 e. The molecule has 1 aromatic rings. The third-order valence-electron chi connectivity index (χ3n) is 2.15. The van der Waals surface area contributed by atoms with Gasteiger partial charge >= 0.3 is 0 Å². The quantitative estimate of drug-likeness (QED) is 0.585. The number of nitrogens with one attached hydrogen (secondary N) is 2. The second-order valence-electron chi connectivity index (χ2n) is 3.32. The normalized spacial score (nSPS) is 11.2. The molecular weight excluding hydrogens is 261 g/mol. The number of benzene rings is 1. The highest BCUT2D eigenvalue weighted by Crippen LogP contribution is 2.34. The van der Waals surface area contributed by atoms with Gasteiger partial charge < -0.3 is 15.8 Å². The SMILES string of the molecule is COc1cc(NC(=N)/C(C)=C\N)c(Cl)cc1Cl. The van der Waals surface area contributed by atoms with E-state index in [2.05, 4.69) is 5.32 Å². The van der Waals surface area contributed by atoms with Crippen molar-refractivity contribution in [2.75, 3.05) is 12.4 Å². The van der Waals surface area contributed by atoms with Gasteiger partial charge in [-0.25, -0.2) is 0 Å². The maximum absolute atomic E-state index is 7.72. The lowest BCUT2D eigenvalue weighted by Crippen LogP contribution is -2.13. The maximum atomic E-state index is 7.72. The van der Waals surface area contributed by atoms with E-state index in [-0.39, 0.29) is 5.84 Å². The van der Waals surface area contributed by atoms with Crippen LogP contribution in [-0.2, 0) is 0 Å². The summed E-state index contributed by atoms with van der Waals surface area (Å²) in [7, 11) is 1.51. The molecule has 0 heterocycles. The van der Waals surface area contributed by atoms with Crippen LogP contribution in [0.2, 0.25) is 10.0 Å². The molecule has 0 fully saturated rings. The fourth-order valence-corrected chi connectivity index (χ4v) is 1.61. The first-order valence-corrected chi connectivity index (χ1v) is 5.52. The minimum absolute atomic E-state index is 0.166. The van der Waals surface area contributed by atoms with Gasteiger partial charge in [0.15, 0.2) is 0 Å². The van der Waals surface area contributed by atoms with Crippen LogP contribution in [0.5, 0.6) is 5.75 Å². The highest BCUT2D eigenvalue weighted by Gasteiger charge is 2.09. The lowest BCUT2D eigenvalue weighted by atomic mass is 10.2. The molecule has 92 valence electrons. The number of rotatable bonds is 3. The molecule has 0 saturated heterocycles. The Labute approximate surface area is 110 Å². The van der Waals surface area contributed by atoms with Crippen molar-refractivity contribution in [2.24, 2.45) is 5.73 Å². The maximum Gasteiger partial charge on any atom is 0.139 e. The molecule has 0 bridgehead atoms. The number of hydrogen-bond acceptors (Lipinski definition) is 3. The lowest BCUT2D eigenvalue weighted by Gasteiger charge is -2.12. The monoisotopic (exact) mass is 273 g/mol. The molecule has 17 heavy (non-hydrogen) atoms. The zero-order chi connectivity index (χ0) is 13.0. The van der Waals surface area contributed by atoms with Gasteiger partial charge in [-0.1, -0.05) is 23.2 Å². The first-order valence-electron chi connectivity index (χ1n) is 4.77. The van der Waals surface area contributed by atoms with Crippen molar-refractivity contribution in [2.45, 2.75) is 6.92 Å². The highest BCUT2D eigenvalue weighted by atomic mass is 35.5. The Balaban J connectivity index is 3.03. The van der Waals surface area contributed by atoms with Gasteiger partial charge in [0.05, 0.1) is 22.8 Å². The van der Waals surface area contributed by atoms with Crippen LogP contribution in [0.4, 0.5) is 5.69 Å². The zero-order valence-corrected chi connectivity index (χ0v) is 11.0. The number of hydrogen-bond donors (Lipinski definition) is 3. The summed E-state index contributed by atoms with van der Waals surface area (Å²) < 4.78 is 5.07. The standard InChI is InChI=1S/C11H13Cl2N3O/c1-6(5-14)11(15)16-9-4-10(17-2)8(13)3-7(9)12/h3-5H,14H2,1-2H3,(H2,15,16)/b6-5-. The largest absolute Gasteiger partial charge is 0.495 e. The van der Waals surface area contributed by atoms with E-state index in [1.165, 1.54) is 13.3 Å². The van der Waals surface area contributed by atoms with E-state index in [1.807, 2.05) is 0 Å². The first-order chi connectivity index (χ1) is 7.99. The number of halogens is 2. The molecule has 0 radical (unpaired) electrons. The molecule has 0 spiro atoms. The highest BCUT2D eigenvalue weighted by molar-refractivity contribution is 6.37. The van der Waals surface area contributed by atoms with Crippen molar-refractivity contribution in [1.29, 1.82) is 5.41 Å². The van der Waals surface area contributed by atoms with Crippen molar-refractivity contribution in [3.63, 3.8) is 0 Å². The molecule has 0 aliphatic heterocycles. The number of nitrogens with two attached hydrogens (primary N) is 1. The zero-order valence-electron chi connectivity index (χ0n) is 9.47. The average Bonchev–Trinajstić information content (AvgIpc) is 2.31. The number of amidine groups is 1. The van der Waals surface area contributed by atoms with Crippen molar-refractivity contribution >= 4 is 34.7 Å². The molecule has 0 aliphatic carbocycles. The fourth-order valence-electron chi connectivity index (χ4n) is 1.10. The van der Waals surface area contributed by atoms with Crippen molar-refractivity contribution in [3.8, 4) is 5.75 Å². The molecule has 0 aliphatic rings. The van der Waals surface area contributed by atoms with Gasteiger partial charge in [-0.15, -0.1) is 0 Å². The van der Waals surface area contributed by atoms with E-state index in [9.17, 15) is 0 Å². The van der Waals surface area contributed by atoms with Gasteiger partial charge in [0.25, 0.3) is 0 Å². The summed E-state index contributed by atoms with van der Waals surface area (Å²) in [5.74, 6) is 0.652. The Kier molecular flexibility index (Phi) is 4.66. The van der Waals surface area contributed by atoms with Crippen LogP contribution < -0.4 is 15.8 Å². The molecule has 0 atom stereocenters. The van der Waals surface area contributed by atoms with E-state index in [0.717, 1.165) is 0 Å². The summed E-state index contributed by atoms with van der Waals surface area (Å²) in [4.78, 5) is 0. The van der Waals surface area contributed by atoms with Gasteiger partial charge in [-0.3, -0.25) is 5.41 Å². The summed E-state index contributed by atoms with van der Waals surface area (Å²) in [6.07, 6.45) is 1.34. The molecule has 4 nitrogen and oxygen atoms in total. The lowest BCUT2D eigenvalue weighted by molar-refractivity contribution is 0.415. The first kappa shape index (κ1) is 13.7. The van der Waals surface area contributed by atoms with Crippen LogP contribution in [-0.4, -0.2) is 12.9 Å². The van der Waals surface area contributed by atoms with Crippen LogP contribution in [0.15, 0.2) is 23.9 Å². The summed E-state index contributed by atoms with van der Waals surface area (Å²) >= 11 is 11.9. The number of methoxy groups -OCH3 is 1. The minimum Gasteiger partial charge on any atom is -0.495 e. The molecule has 1 aromatic carbocycles. The fraction of sp³-hybridized carbons (Fsp3) is 0.182. The van der Waals surface area contributed by atoms with E-state index in [4.69, 9.17) is 39.1 Å². The molecule has 0 unspecified atom stereocenters. The number of ether oxygens (including phenoxy) is 1. The summed E-state index contributed by atoms with van der Waals surface area (Å²) in [5, 5.41) is 11.4. The van der Waals surface area contributed by atoms with Gasteiger partial charge in [0, 0.05) is 17.8 Å². The Bertz CT molecular complexity index is 472. The van der Waals surface area contributed by atoms with Crippen LogP contribution in [0.3, 0.4) is 0 Å². The van der Waals surface area contributed by atoms with Gasteiger partial charge in [0.2, 0.25) is 0 Å². The van der Waals surface area contributed by atoms with Crippen LogP contribution in [0, 0.1) is 5.41 Å². The van der Waals surface area contributed by atoms with Crippen molar-refractivity contribution in [3.05, 3.63) is 34.0 Å². The molecule has 0 aromatic heterocycles. The van der Waals surface area contributed by atoms with Crippen LogP contribution in [0.25, 0.3) is 0 Å². The van der Waals surface area contributed by atoms with Gasteiger partial charge in [0.1, 0.15) is 11.6 Å². The molecule has 6 heteroatoms. The van der Waals surface area contributed by atoms with E-state index < -0.39 is 0 Å². The predicted molar refractivity (Wildman–Crippen MR) is 72.3 cm³/mol. The Hall–Kier alpha value is -1.39. The number of anilines is 1. The van der Waals surface area contributed by atoms with Crippen LogP contribution in [0.1, 0.15) is 6.92 Å². The second-order valence-corrected chi connectivity index (χ2v) is 4.13. The summed E-state index contributed by atoms with van der Waals surface area (Å²) in [6.45, 7) is 1.72. The van der Waals surface area contributed by atoms with Gasteiger partial charge in [-0.05, 0) is 13.0 Å². The van der Waals surface area contributed by atoms with Crippen LogP contribution >= 0.6 is 23.2 Å². The summed E-state index contributed by atoms with van der Waals surface area (Å²) in [5.41, 5.74) is 6.47. The summed E-state index contributed by atoms with van der Waals surface area (Å²) in [6, 6.07) is 3.18. The third kappa shape index (κ3) is 3.28. The third-order valence-corrected chi connectivity index (χ3v) is 2.75. The Morgan fingerprint density at radius 2 is 2.06 bits per heavy atom. The van der Waals surface area contributed by atoms with E-state index in [1.54, 1.807) is 19.1 Å². The molecular formula is C11H13Cl2N3O. The van der Waals surface area contributed by atoms with E-state index in [0.29, 0.717) is 27.1 Å². The molecule has 0 amide bonds. The predicted octanol–water partition coefficient (Wildman–Crippen LogP) is 3.25. The van der Waals surface area contributed by atoms with E-state index >= 15 is 0 Å². The van der Waals surface area contributed by atoms with Crippen molar-refractivity contribution < 1.29 is 4.74 Å². The minimum atomic E-state index is 0.166. The molecule has 4 N–H and O–H groups in total. The molecule has 0 saturated carbocycles. The average molecular weight is 274 g/mol. The second kappa shape index (κ2) is 5.80. The topological polar surface area (TPSA) is 71.1 Å². The Morgan fingerprint density at radius 3 is 2.59 bits per heavy atom. The Morgan fingerprint density at radius 1 is 1.41 bits per heavy atom. The van der Waals surface area contributed by atoms with Gasteiger partial charge in [-0.2, -0.15) is 0 Å². The van der Waals surface area contributed by atoms with Crippen molar-refractivity contribution in [1.82, 2.24) is 0 Å². The molecule has 1 rings (SSSR count).